The van der Waals surface area contributed by atoms with Crippen LogP contribution >= 0.6 is 11.8 Å². The second-order valence-electron chi connectivity index (χ2n) is 8.90. The SMILES string of the molecule is CC(=O)N1CCN(C(=O)c2cccc(CSc3ccnc(NC(=O)c4ccc(N(C)C)cc4)n3)c2)CC1. The lowest BCUT2D eigenvalue weighted by molar-refractivity contribution is -0.130. The normalized spacial score (nSPS) is 13.3. The van der Waals surface area contributed by atoms with Crippen molar-refractivity contribution >= 4 is 41.1 Å². The van der Waals surface area contributed by atoms with Crippen LogP contribution in [0, 0.1) is 0 Å². The molecule has 37 heavy (non-hydrogen) atoms. The van der Waals surface area contributed by atoms with E-state index < -0.39 is 0 Å². The summed E-state index contributed by atoms with van der Waals surface area (Å²) in [5.41, 5.74) is 3.15. The molecule has 4 rings (SSSR count). The number of hydrogen-bond acceptors (Lipinski definition) is 7. The number of rotatable bonds is 7. The fourth-order valence-corrected chi connectivity index (χ4v) is 4.73. The van der Waals surface area contributed by atoms with Gasteiger partial charge in [-0.1, -0.05) is 12.1 Å². The van der Waals surface area contributed by atoms with Crippen LogP contribution in [0.1, 0.15) is 33.2 Å². The molecule has 2 aromatic carbocycles. The van der Waals surface area contributed by atoms with Crippen molar-refractivity contribution in [3.05, 3.63) is 77.5 Å². The molecule has 0 radical (unpaired) electrons. The molecule has 1 aromatic heterocycles. The van der Waals surface area contributed by atoms with Crippen LogP contribution in [0.4, 0.5) is 11.6 Å². The lowest BCUT2D eigenvalue weighted by Gasteiger charge is -2.34. The Labute approximate surface area is 220 Å². The molecule has 3 aromatic rings. The van der Waals surface area contributed by atoms with Gasteiger partial charge in [0.25, 0.3) is 11.8 Å². The van der Waals surface area contributed by atoms with Crippen LogP contribution < -0.4 is 10.2 Å². The Balaban J connectivity index is 1.34. The summed E-state index contributed by atoms with van der Waals surface area (Å²) in [5.74, 6) is 0.580. The summed E-state index contributed by atoms with van der Waals surface area (Å²) in [4.78, 5) is 51.3. The molecule has 2 heterocycles. The fraction of sp³-hybridized carbons (Fsp3) is 0.296. The van der Waals surface area contributed by atoms with Crippen molar-refractivity contribution in [2.75, 3.05) is 50.5 Å². The van der Waals surface area contributed by atoms with Crippen molar-refractivity contribution in [3.8, 4) is 0 Å². The van der Waals surface area contributed by atoms with E-state index in [4.69, 9.17) is 0 Å². The number of anilines is 2. The lowest BCUT2D eigenvalue weighted by atomic mass is 10.1. The highest BCUT2D eigenvalue weighted by Crippen LogP contribution is 2.23. The molecule has 0 bridgehead atoms. The molecule has 1 N–H and O–H groups in total. The number of nitrogens with zero attached hydrogens (tertiary/aromatic N) is 5. The molecule has 192 valence electrons. The van der Waals surface area contributed by atoms with Gasteiger partial charge in [0, 0.05) is 76.0 Å². The number of benzene rings is 2. The average Bonchev–Trinajstić information content (AvgIpc) is 2.92. The first-order valence-electron chi connectivity index (χ1n) is 12.0. The van der Waals surface area contributed by atoms with Crippen molar-refractivity contribution < 1.29 is 14.4 Å². The quantitative estimate of drug-likeness (QED) is 0.378. The summed E-state index contributed by atoms with van der Waals surface area (Å²) in [5, 5.41) is 3.47. The molecule has 1 saturated heterocycles. The van der Waals surface area contributed by atoms with Gasteiger partial charge < -0.3 is 14.7 Å². The second-order valence-corrected chi connectivity index (χ2v) is 9.90. The van der Waals surface area contributed by atoms with Crippen LogP contribution in [0.3, 0.4) is 0 Å². The summed E-state index contributed by atoms with van der Waals surface area (Å²) in [7, 11) is 3.89. The largest absolute Gasteiger partial charge is 0.378 e. The second kappa shape index (κ2) is 11.9. The monoisotopic (exact) mass is 518 g/mol. The number of aromatic nitrogens is 2. The van der Waals surface area contributed by atoms with Crippen molar-refractivity contribution in [2.45, 2.75) is 17.7 Å². The highest BCUT2D eigenvalue weighted by Gasteiger charge is 2.23. The highest BCUT2D eigenvalue weighted by atomic mass is 32.2. The minimum atomic E-state index is -0.275. The van der Waals surface area contributed by atoms with Crippen LogP contribution in [0.15, 0.2) is 65.8 Å². The summed E-state index contributed by atoms with van der Waals surface area (Å²) in [6.45, 7) is 3.74. The van der Waals surface area contributed by atoms with Gasteiger partial charge in [0.15, 0.2) is 0 Å². The van der Waals surface area contributed by atoms with Gasteiger partial charge >= 0.3 is 0 Å². The average molecular weight is 519 g/mol. The van der Waals surface area contributed by atoms with E-state index in [1.807, 2.05) is 55.4 Å². The Morgan fingerprint density at radius 3 is 2.32 bits per heavy atom. The van der Waals surface area contributed by atoms with E-state index in [9.17, 15) is 14.4 Å². The van der Waals surface area contributed by atoms with Gasteiger partial charge in [-0.3, -0.25) is 19.7 Å². The number of thioether (sulfide) groups is 1. The van der Waals surface area contributed by atoms with Crippen molar-refractivity contribution in [1.29, 1.82) is 0 Å². The van der Waals surface area contributed by atoms with Gasteiger partial charge in [0.1, 0.15) is 5.03 Å². The Morgan fingerprint density at radius 1 is 0.946 bits per heavy atom. The molecule has 0 unspecified atom stereocenters. The number of carbonyl (C=O) groups is 3. The molecule has 0 atom stereocenters. The summed E-state index contributed by atoms with van der Waals surface area (Å²) in [6, 6.07) is 16.6. The molecular weight excluding hydrogens is 488 g/mol. The third-order valence-electron chi connectivity index (χ3n) is 6.07. The zero-order valence-electron chi connectivity index (χ0n) is 21.2. The van der Waals surface area contributed by atoms with Gasteiger partial charge in [-0.05, 0) is 48.0 Å². The van der Waals surface area contributed by atoms with Crippen LogP contribution in [-0.2, 0) is 10.5 Å². The van der Waals surface area contributed by atoms with Gasteiger partial charge in [-0.25, -0.2) is 9.97 Å². The molecule has 9 nitrogen and oxygen atoms in total. The maximum Gasteiger partial charge on any atom is 0.258 e. The minimum Gasteiger partial charge on any atom is -0.378 e. The maximum absolute atomic E-state index is 13.0. The lowest BCUT2D eigenvalue weighted by Crippen LogP contribution is -2.50. The van der Waals surface area contributed by atoms with E-state index in [1.165, 1.54) is 11.8 Å². The molecule has 0 saturated carbocycles. The summed E-state index contributed by atoms with van der Waals surface area (Å²) in [6.07, 6.45) is 1.61. The van der Waals surface area contributed by atoms with E-state index in [2.05, 4.69) is 15.3 Å². The number of hydrogen-bond donors (Lipinski definition) is 1. The van der Waals surface area contributed by atoms with Gasteiger partial charge in [0.2, 0.25) is 11.9 Å². The number of piperazine rings is 1. The fourth-order valence-electron chi connectivity index (χ4n) is 3.93. The summed E-state index contributed by atoms with van der Waals surface area (Å²) < 4.78 is 0. The maximum atomic E-state index is 13.0. The van der Waals surface area contributed by atoms with Gasteiger partial charge in [-0.15, -0.1) is 11.8 Å². The summed E-state index contributed by atoms with van der Waals surface area (Å²) >= 11 is 1.50. The van der Waals surface area contributed by atoms with Gasteiger partial charge in [0.05, 0.1) is 0 Å². The Hall–Kier alpha value is -3.92. The third kappa shape index (κ3) is 6.85. The highest BCUT2D eigenvalue weighted by molar-refractivity contribution is 7.98. The number of amides is 3. The predicted molar refractivity (Wildman–Crippen MR) is 145 cm³/mol. The van der Waals surface area contributed by atoms with Crippen molar-refractivity contribution in [2.24, 2.45) is 0 Å². The zero-order chi connectivity index (χ0) is 26.4. The Morgan fingerprint density at radius 2 is 1.65 bits per heavy atom. The van der Waals surface area contributed by atoms with E-state index in [-0.39, 0.29) is 23.7 Å². The number of nitrogens with one attached hydrogen (secondary N) is 1. The first-order valence-corrected chi connectivity index (χ1v) is 13.0. The van der Waals surface area contributed by atoms with E-state index >= 15 is 0 Å². The molecule has 1 aliphatic heterocycles. The van der Waals surface area contributed by atoms with Crippen molar-refractivity contribution in [1.82, 2.24) is 19.8 Å². The van der Waals surface area contributed by atoms with Gasteiger partial charge in [-0.2, -0.15) is 0 Å². The molecule has 1 aliphatic rings. The van der Waals surface area contributed by atoms with E-state index in [0.717, 1.165) is 11.3 Å². The predicted octanol–water partition coefficient (Wildman–Crippen LogP) is 3.39. The standard InChI is InChI=1S/C27H30N6O3S/c1-19(34)32-13-15-33(16-14-32)26(36)22-6-4-5-20(17-22)18-37-24-11-12-28-27(29-24)30-25(35)21-7-9-23(10-8-21)31(2)3/h4-12,17H,13-16,18H2,1-3H3,(H,28,29,30,35). The molecule has 0 aliphatic carbocycles. The molecular formula is C27H30N6O3S. The van der Waals surface area contributed by atoms with Crippen LogP contribution in [-0.4, -0.2) is 77.8 Å². The third-order valence-corrected chi connectivity index (χ3v) is 7.07. The first-order chi connectivity index (χ1) is 17.8. The molecule has 1 fully saturated rings. The van der Waals surface area contributed by atoms with Crippen LogP contribution in [0.5, 0.6) is 0 Å². The zero-order valence-corrected chi connectivity index (χ0v) is 22.0. The molecule has 3 amide bonds. The number of carbonyl (C=O) groups excluding carboxylic acids is 3. The van der Waals surface area contributed by atoms with E-state index in [1.54, 1.807) is 41.1 Å². The van der Waals surface area contributed by atoms with Crippen molar-refractivity contribution in [3.63, 3.8) is 0 Å². The minimum absolute atomic E-state index is 0.0271. The van der Waals surface area contributed by atoms with Crippen LogP contribution in [0.2, 0.25) is 0 Å². The molecule has 10 heteroatoms. The Kier molecular flexibility index (Phi) is 8.39. The van der Waals surface area contributed by atoms with E-state index in [0.29, 0.717) is 48.1 Å². The molecule has 0 spiro atoms. The Bertz CT molecular complexity index is 1270. The van der Waals surface area contributed by atoms with Crippen LogP contribution in [0.25, 0.3) is 0 Å². The smallest absolute Gasteiger partial charge is 0.258 e. The topological polar surface area (TPSA) is 98.7 Å². The first kappa shape index (κ1) is 26.2.